The highest BCUT2D eigenvalue weighted by atomic mass is 16.5. The molecule has 0 spiro atoms. The summed E-state index contributed by atoms with van der Waals surface area (Å²) in [7, 11) is 0. The van der Waals surface area contributed by atoms with Gasteiger partial charge in [-0.3, -0.25) is 0 Å². The molecule has 46 valence electrons. The van der Waals surface area contributed by atoms with E-state index in [-0.39, 0.29) is 0 Å². The Morgan fingerprint density at radius 3 is 2.88 bits per heavy atom. The Hall–Kier alpha value is -0.0800. The van der Waals surface area contributed by atoms with Crippen molar-refractivity contribution in [2.45, 2.75) is 25.0 Å². The Labute approximate surface area is 49.0 Å². The van der Waals surface area contributed by atoms with Crippen LogP contribution in [0.1, 0.15) is 12.8 Å². The van der Waals surface area contributed by atoms with Gasteiger partial charge in [0.15, 0.2) is 0 Å². The lowest BCUT2D eigenvalue weighted by atomic mass is 9.78. The van der Waals surface area contributed by atoms with Crippen LogP contribution >= 0.6 is 0 Å². The number of rotatable bonds is 0. The maximum absolute atomic E-state index is 5.64. The zero-order valence-corrected chi connectivity index (χ0v) is 4.84. The van der Waals surface area contributed by atoms with Crippen LogP contribution in [0.4, 0.5) is 0 Å². The monoisotopic (exact) mass is 113 g/mol. The molecule has 2 rings (SSSR count). The minimum Gasteiger partial charge on any atom is -0.376 e. The molecule has 2 heteroatoms. The van der Waals surface area contributed by atoms with Crippen molar-refractivity contribution in [2.75, 3.05) is 6.61 Å². The second kappa shape index (κ2) is 1.45. The van der Waals surface area contributed by atoms with Crippen LogP contribution in [-0.4, -0.2) is 18.8 Å². The number of nitrogens with two attached hydrogens (primary N) is 1. The fourth-order valence-electron chi connectivity index (χ4n) is 1.67. The average Bonchev–Trinajstić information content (AvgIpc) is 2.09. The van der Waals surface area contributed by atoms with Gasteiger partial charge in [0.05, 0.1) is 6.10 Å². The van der Waals surface area contributed by atoms with E-state index >= 15 is 0 Å². The molecule has 2 fully saturated rings. The van der Waals surface area contributed by atoms with Crippen molar-refractivity contribution >= 4 is 0 Å². The molecule has 1 aliphatic heterocycles. The third kappa shape index (κ3) is 0.446. The van der Waals surface area contributed by atoms with Crippen LogP contribution in [-0.2, 0) is 4.74 Å². The van der Waals surface area contributed by atoms with E-state index in [1.807, 2.05) is 0 Å². The summed E-state index contributed by atoms with van der Waals surface area (Å²) in [6.45, 7) is 0.947. The van der Waals surface area contributed by atoms with Gasteiger partial charge in [-0.1, -0.05) is 0 Å². The molecule has 0 aromatic rings. The lowest BCUT2D eigenvalue weighted by Crippen LogP contribution is -2.49. The summed E-state index contributed by atoms with van der Waals surface area (Å²) in [6.07, 6.45) is 2.89. The van der Waals surface area contributed by atoms with Crippen LogP contribution in [0.2, 0.25) is 0 Å². The summed E-state index contributed by atoms with van der Waals surface area (Å²) in [6, 6.07) is 0.363. The molecule has 8 heavy (non-hydrogen) atoms. The molecule has 0 amide bonds. The topological polar surface area (TPSA) is 35.2 Å². The van der Waals surface area contributed by atoms with Crippen molar-refractivity contribution in [2.24, 2.45) is 11.7 Å². The van der Waals surface area contributed by atoms with Gasteiger partial charge in [0.25, 0.3) is 0 Å². The van der Waals surface area contributed by atoms with Gasteiger partial charge < -0.3 is 10.5 Å². The molecule has 2 N–H and O–H groups in total. The first-order valence-electron chi connectivity index (χ1n) is 3.25. The van der Waals surface area contributed by atoms with Gasteiger partial charge in [-0.15, -0.1) is 0 Å². The molecular weight excluding hydrogens is 102 g/mol. The maximum atomic E-state index is 5.64. The normalized spacial score (nSPS) is 52.9. The van der Waals surface area contributed by atoms with E-state index in [1.165, 1.54) is 12.8 Å². The lowest BCUT2D eigenvalue weighted by molar-refractivity contribution is 0.0133. The predicted molar refractivity (Wildman–Crippen MR) is 30.4 cm³/mol. The van der Waals surface area contributed by atoms with Crippen molar-refractivity contribution in [3.05, 3.63) is 0 Å². The second-order valence-electron chi connectivity index (χ2n) is 2.78. The minimum atomic E-state index is 0.363. The first-order valence-corrected chi connectivity index (χ1v) is 3.25. The Bertz CT molecular complexity index is 105. The molecule has 0 unspecified atom stereocenters. The summed E-state index contributed by atoms with van der Waals surface area (Å²) in [5.74, 6) is 0.824. The molecule has 2 nitrogen and oxygen atoms in total. The van der Waals surface area contributed by atoms with Crippen molar-refractivity contribution in [3.8, 4) is 0 Å². The Balaban J connectivity index is 2.02. The molecule has 0 aromatic carbocycles. The number of fused-ring (bicyclic) bond motifs is 1. The van der Waals surface area contributed by atoms with Crippen molar-refractivity contribution in [1.29, 1.82) is 0 Å². The summed E-state index contributed by atoms with van der Waals surface area (Å²) >= 11 is 0. The predicted octanol–water partition coefficient (Wildman–Crippen LogP) is 0.122. The van der Waals surface area contributed by atoms with Crippen LogP contribution < -0.4 is 5.73 Å². The van der Waals surface area contributed by atoms with E-state index in [2.05, 4.69) is 0 Å². The zero-order chi connectivity index (χ0) is 5.56. The van der Waals surface area contributed by atoms with Crippen molar-refractivity contribution < 1.29 is 4.74 Å². The molecule has 0 aromatic heterocycles. The molecule has 1 saturated heterocycles. The van der Waals surface area contributed by atoms with Crippen LogP contribution in [0.15, 0.2) is 0 Å². The fraction of sp³-hybridized carbons (Fsp3) is 1.00. The van der Waals surface area contributed by atoms with E-state index < -0.39 is 0 Å². The fourth-order valence-corrected chi connectivity index (χ4v) is 1.67. The second-order valence-corrected chi connectivity index (χ2v) is 2.78. The first-order chi connectivity index (χ1) is 3.88. The molecule has 0 bridgehead atoms. The summed E-state index contributed by atoms with van der Waals surface area (Å²) < 4.78 is 5.34. The number of ether oxygens (including phenoxy) is 1. The highest BCUT2D eigenvalue weighted by molar-refractivity contribution is 4.96. The SMILES string of the molecule is N[C@@H]1C[C@@H]2CCO[C@@H]21. The van der Waals surface area contributed by atoms with Crippen molar-refractivity contribution in [3.63, 3.8) is 0 Å². The van der Waals surface area contributed by atoms with Gasteiger partial charge in [0.1, 0.15) is 0 Å². The minimum absolute atomic E-state index is 0.363. The Kier molecular flexibility index (Phi) is 0.866. The smallest absolute Gasteiger partial charge is 0.0755 e. The van der Waals surface area contributed by atoms with Gasteiger partial charge in [-0.2, -0.15) is 0 Å². The van der Waals surface area contributed by atoms with Gasteiger partial charge in [-0.25, -0.2) is 0 Å². The highest BCUT2D eigenvalue weighted by Crippen LogP contribution is 2.36. The van der Waals surface area contributed by atoms with E-state index in [4.69, 9.17) is 10.5 Å². The molecule has 1 aliphatic carbocycles. The van der Waals surface area contributed by atoms with E-state index in [9.17, 15) is 0 Å². The number of hydrogen-bond donors (Lipinski definition) is 1. The Morgan fingerprint density at radius 2 is 2.38 bits per heavy atom. The highest BCUT2D eigenvalue weighted by Gasteiger charge is 2.42. The van der Waals surface area contributed by atoms with Gasteiger partial charge in [-0.05, 0) is 18.8 Å². The van der Waals surface area contributed by atoms with E-state index in [1.54, 1.807) is 0 Å². The third-order valence-electron chi connectivity index (χ3n) is 2.26. The summed E-state index contributed by atoms with van der Waals surface area (Å²) in [5, 5.41) is 0. The summed E-state index contributed by atoms with van der Waals surface area (Å²) in [5.41, 5.74) is 5.64. The largest absolute Gasteiger partial charge is 0.376 e. The van der Waals surface area contributed by atoms with Gasteiger partial charge in [0.2, 0.25) is 0 Å². The van der Waals surface area contributed by atoms with Gasteiger partial charge in [0, 0.05) is 12.6 Å². The standard InChI is InChI=1S/C6H11NO/c7-5-3-4-1-2-8-6(4)5/h4-6H,1-3,7H2/t4-,5+,6-/m0/s1. The number of hydrogen-bond acceptors (Lipinski definition) is 2. The molecule has 1 saturated carbocycles. The van der Waals surface area contributed by atoms with Crippen molar-refractivity contribution in [1.82, 2.24) is 0 Å². The lowest BCUT2D eigenvalue weighted by Gasteiger charge is -2.35. The maximum Gasteiger partial charge on any atom is 0.0755 e. The third-order valence-corrected chi connectivity index (χ3v) is 2.26. The van der Waals surface area contributed by atoms with Gasteiger partial charge >= 0.3 is 0 Å². The molecule has 0 radical (unpaired) electrons. The Morgan fingerprint density at radius 1 is 1.50 bits per heavy atom. The molecular formula is C6H11NO. The molecule has 1 heterocycles. The molecule has 2 aliphatic rings. The van der Waals surface area contributed by atoms with Crippen LogP contribution in [0.5, 0.6) is 0 Å². The van der Waals surface area contributed by atoms with E-state index in [0.29, 0.717) is 12.1 Å². The zero-order valence-electron chi connectivity index (χ0n) is 4.84. The van der Waals surface area contributed by atoms with Crippen LogP contribution in [0.3, 0.4) is 0 Å². The molecule has 3 atom stereocenters. The van der Waals surface area contributed by atoms with Crippen LogP contribution in [0, 0.1) is 5.92 Å². The first kappa shape index (κ1) is 4.77. The quantitative estimate of drug-likeness (QED) is 0.484. The van der Waals surface area contributed by atoms with E-state index in [0.717, 1.165) is 12.5 Å². The summed E-state index contributed by atoms with van der Waals surface area (Å²) in [4.78, 5) is 0. The van der Waals surface area contributed by atoms with Crippen LogP contribution in [0.25, 0.3) is 0 Å². The average molecular weight is 113 g/mol.